The molecular weight excluding hydrogens is 374 g/mol. The summed E-state index contributed by atoms with van der Waals surface area (Å²) >= 11 is 0. The van der Waals surface area contributed by atoms with Crippen LogP contribution in [0, 0.1) is 5.92 Å². The largest absolute Gasteiger partial charge is 0.493 e. The Labute approximate surface area is 180 Å². The molecule has 5 nitrogen and oxygen atoms in total. The van der Waals surface area contributed by atoms with E-state index in [1.807, 2.05) is 47.4 Å². The van der Waals surface area contributed by atoms with Crippen LogP contribution < -0.4 is 4.74 Å². The molecule has 2 aromatic rings. The molecule has 0 aliphatic carbocycles. The molecule has 1 atom stereocenters. The van der Waals surface area contributed by atoms with Crippen LogP contribution >= 0.6 is 0 Å². The minimum absolute atomic E-state index is 0.144. The van der Waals surface area contributed by atoms with Gasteiger partial charge in [0, 0.05) is 57.3 Å². The molecule has 1 amide bonds. The minimum Gasteiger partial charge on any atom is -0.493 e. The molecule has 2 aliphatic heterocycles. The van der Waals surface area contributed by atoms with Gasteiger partial charge in [0.15, 0.2) is 0 Å². The smallest absolute Gasteiger partial charge is 0.253 e. The van der Waals surface area contributed by atoms with E-state index in [2.05, 4.69) is 29.0 Å². The van der Waals surface area contributed by atoms with Crippen molar-refractivity contribution in [1.82, 2.24) is 14.7 Å². The van der Waals surface area contributed by atoms with E-state index < -0.39 is 0 Å². The highest BCUT2D eigenvalue weighted by Crippen LogP contribution is 2.21. The fourth-order valence-electron chi connectivity index (χ4n) is 4.32. The van der Waals surface area contributed by atoms with E-state index in [4.69, 9.17) is 4.74 Å². The van der Waals surface area contributed by atoms with Gasteiger partial charge in [0.2, 0.25) is 0 Å². The van der Waals surface area contributed by atoms with Crippen LogP contribution in [0.1, 0.15) is 28.8 Å². The molecule has 4 rings (SSSR count). The third kappa shape index (κ3) is 5.61. The molecule has 0 aromatic heterocycles. The molecule has 2 saturated heterocycles. The lowest BCUT2D eigenvalue weighted by Gasteiger charge is -2.33. The fraction of sp³-hybridized carbons (Fsp3) is 0.480. The predicted octanol–water partition coefficient (Wildman–Crippen LogP) is 3.37. The van der Waals surface area contributed by atoms with Gasteiger partial charge in [0.1, 0.15) is 5.75 Å². The third-order valence-corrected chi connectivity index (χ3v) is 6.24. The lowest BCUT2D eigenvalue weighted by atomic mass is 9.98. The van der Waals surface area contributed by atoms with Crippen LogP contribution in [0.4, 0.5) is 0 Å². The standard InChI is InChI=1S/C25H33N3O2/c1-26-14-16-27(17-15-26)18-21-9-11-23(12-10-21)25(29)28-13-5-6-22(19-28)20-30-24-7-3-2-4-8-24/h2-4,7-12,22H,5-6,13-20H2,1H3. The number of ether oxygens (including phenoxy) is 1. The zero-order valence-electron chi connectivity index (χ0n) is 18.0. The number of carbonyl (C=O) groups excluding carboxylic acids is 1. The van der Waals surface area contributed by atoms with E-state index in [1.165, 1.54) is 5.56 Å². The molecule has 2 aliphatic rings. The average Bonchev–Trinajstić information content (AvgIpc) is 2.80. The number of rotatable bonds is 6. The first kappa shape index (κ1) is 20.9. The molecule has 160 valence electrons. The number of hydrogen-bond acceptors (Lipinski definition) is 4. The highest BCUT2D eigenvalue weighted by molar-refractivity contribution is 5.94. The first-order valence-corrected chi connectivity index (χ1v) is 11.1. The molecule has 0 N–H and O–H groups in total. The number of benzene rings is 2. The molecule has 2 fully saturated rings. The lowest BCUT2D eigenvalue weighted by molar-refractivity contribution is 0.0633. The Morgan fingerprint density at radius 3 is 2.43 bits per heavy atom. The summed E-state index contributed by atoms with van der Waals surface area (Å²) in [6.07, 6.45) is 2.15. The van der Waals surface area contributed by atoms with Crippen LogP contribution in [0.15, 0.2) is 54.6 Å². The monoisotopic (exact) mass is 407 g/mol. The Kier molecular flexibility index (Phi) is 7.03. The van der Waals surface area contributed by atoms with Crippen molar-refractivity contribution in [1.29, 1.82) is 0 Å². The van der Waals surface area contributed by atoms with Gasteiger partial charge in [-0.25, -0.2) is 0 Å². The Morgan fingerprint density at radius 1 is 0.967 bits per heavy atom. The number of likely N-dealkylation sites (N-methyl/N-ethyl adjacent to an activating group) is 1. The topological polar surface area (TPSA) is 36.0 Å². The molecule has 0 saturated carbocycles. The van der Waals surface area contributed by atoms with Gasteiger partial charge in [0.25, 0.3) is 5.91 Å². The van der Waals surface area contributed by atoms with Crippen LogP contribution in [0.25, 0.3) is 0 Å². The molecule has 5 heteroatoms. The van der Waals surface area contributed by atoms with Crippen molar-refractivity contribution < 1.29 is 9.53 Å². The van der Waals surface area contributed by atoms with Crippen LogP contribution in [0.5, 0.6) is 5.75 Å². The van der Waals surface area contributed by atoms with Crippen LogP contribution in [0.2, 0.25) is 0 Å². The number of piperidine rings is 1. The Hall–Kier alpha value is -2.37. The van der Waals surface area contributed by atoms with Crippen LogP contribution in [-0.2, 0) is 6.54 Å². The summed E-state index contributed by atoms with van der Waals surface area (Å²) in [5, 5.41) is 0. The second-order valence-corrected chi connectivity index (χ2v) is 8.66. The SMILES string of the molecule is CN1CCN(Cc2ccc(C(=O)N3CCCC(COc4ccccc4)C3)cc2)CC1. The van der Waals surface area contributed by atoms with Crippen LogP contribution in [-0.4, -0.2) is 73.5 Å². The van der Waals surface area contributed by atoms with Gasteiger partial charge in [-0.3, -0.25) is 9.69 Å². The van der Waals surface area contributed by atoms with E-state index in [0.717, 1.165) is 70.0 Å². The summed E-state index contributed by atoms with van der Waals surface area (Å²) in [5.41, 5.74) is 2.07. The maximum Gasteiger partial charge on any atom is 0.253 e. The summed E-state index contributed by atoms with van der Waals surface area (Å²) < 4.78 is 5.93. The highest BCUT2D eigenvalue weighted by Gasteiger charge is 2.25. The second-order valence-electron chi connectivity index (χ2n) is 8.66. The van der Waals surface area contributed by atoms with Crippen LogP contribution in [0.3, 0.4) is 0 Å². The molecule has 0 radical (unpaired) electrons. The molecule has 0 bridgehead atoms. The number of hydrogen-bond donors (Lipinski definition) is 0. The van der Waals surface area contributed by atoms with Gasteiger partial charge in [0.05, 0.1) is 6.61 Å². The Morgan fingerprint density at radius 2 is 1.70 bits per heavy atom. The Balaban J connectivity index is 1.28. The van der Waals surface area contributed by atoms with Crippen molar-refractivity contribution in [3.8, 4) is 5.75 Å². The first-order valence-electron chi connectivity index (χ1n) is 11.1. The summed E-state index contributed by atoms with van der Waals surface area (Å²) in [6, 6.07) is 18.2. The molecule has 30 heavy (non-hydrogen) atoms. The maximum atomic E-state index is 13.0. The number of likely N-dealkylation sites (tertiary alicyclic amines) is 1. The predicted molar refractivity (Wildman–Crippen MR) is 120 cm³/mol. The first-order chi connectivity index (χ1) is 14.7. The summed E-state index contributed by atoms with van der Waals surface area (Å²) in [6.45, 7) is 7.71. The van der Waals surface area contributed by atoms with Crippen molar-refractivity contribution in [2.45, 2.75) is 19.4 Å². The minimum atomic E-state index is 0.144. The van der Waals surface area contributed by atoms with Crippen molar-refractivity contribution in [3.05, 3.63) is 65.7 Å². The molecule has 1 unspecified atom stereocenters. The van der Waals surface area contributed by atoms with Crippen molar-refractivity contribution in [3.63, 3.8) is 0 Å². The van der Waals surface area contributed by atoms with E-state index in [0.29, 0.717) is 12.5 Å². The summed E-state index contributed by atoms with van der Waals surface area (Å²) in [4.78, 5) is 19.9. The van der Waals surface area contributed by atoms with Gasteiger partial charge in [-0.05, 0) is 49.7 Å². The number of amides is 1. The van der Waals surface area contributed by atoms with Crippen molar-refractivity contribution in [2.24, 2.45) is 5.92 Å². The summed E-state index contributed by atoms with van der Waals surface area (Å²) in [7, 11) is 2.18. The third-order valence-electron chi connectivity index (χ3n) is 6.24. The Bertz CT molecular complexity index is 801. The van der Waals surface area contributed by atoms with E-state index in [9.17, 15) is 4.79 Å². The van der Waals surface area contributed by atoms with Crippen molar-refractivity contribution in [2.75, 3.05) is 52.9 Å². The molecular formula is C25H33N3O2. The number of carbonyl (C=O) groups is 1. The molecule has 2 heterocycles. The summed E-state index contributed by atoms with van der Waals surface area (Å²) in [5.74, 6) is 1.43. The molecule has 0 spiro atoms. The lowest BCUT2D eigenvalue weighted by Crippen LogP contribution is -2.43. The van der Waals surface area contributed by atoms with E-state index in [1.54, 1.807) is 0 Å². The second kappa shape index (κ2) is 10.1. The zero-order valence-corrected chi connectivity index (χ0v) is 18.0. The van der Waals surface area contributed by atoms with Gasteiger partial charge in [-0.1, -0.05) is 30.3 Å². The zero-order chi connectivity index (χ0) is 20.8. The van der Waals surface area contributed by atoms with E-state index >= 15 is 0 Å². The maximum absolute atomic E-state index is 13.0. The normalized spacial score (nSPS) is 20.8. The van der Waals surface area contributed by atoms with Gasteiger partial charge in [-0.2, -0.15) is 0 Å². The van der Waals surface area contributed by atoms with E-state index in [-0.39, 0.29) is 5.91 Å². The molecule has 2 aromatic carbocycles. The number of nitrogens with zero attached hydrogens (tertiary/aromatic N) is 3. The highest BCUT2D eigenvalue weighted by atomic mass is 16.5. The fourth-order valence-corrected chi connectivity index (χ4v) is 4.32. The average molecular weight is 408 g/mol. The van der Waals surface area contributed by atoms with Gasteiger partial charge in [-0.15, -0.1) is 0 Å². The van der Waals surface area contributed by atoms with Gasteiger partial charge >= 0.3 is 0 Å². The quantitative estimate of drug-likeness (QED) is 0.736. The van der Waals surface area contributed by atoms with Crippen molar-refractivity contribution >= 4 is 5.91 Å². The number of para-hydroxylation sites is 1. The van der Waals surface area contributed by atoms with Gasteiger partial charge < -0.3 is 14.5 Å². The number of piperazine rings is 1.